The molecule has 0 amide bonds. The Morgan fingerprint density at radius 2 is 2.07 bits per heavy atom. The third kappa shape index (κ3) is 3.14. The average molecular weight is 319 g/mol. The van der Waals surface area contributed by atoms with E-state index in [2.05, 4.69) is 27.9 Å². The van der Waals surface area contributed by atoms with Crippen molar-refractivity contribution in [3.05, 3.63) is 33.1 Å². The topological polar surface area (TPSA) is 12.0 Å². The molecule has 3 heteroatoms. The van der Waals surface area contributed by atoms with E-state index in [0.717, 1.165) is 10.1 Å². The highest BCUT2D eigenvalue weighted by molar-refractivity contribution is 14.1. The van der Waals surface area contributed by atoms with Crippen LogP contribution < -0.4 is 5.32 Å². The molecule has 82 valence electrons. The van der Waals surface area contributed by atoms with Crippen LogP contribution in [0.4, 0.5) is 4.39 Å². The van der Waals surface area contributed by atoms with Gasteiger partial charge in [0.05, 0.1) is 0 Å². The zero-order valence-corrected chi connectivity index (χ0v) is 10.8. The number of hydrogen-bond acceptors (Lipinski definition) is 1. The lowest BCUT2D eigenvalue weighted by Crippen LogP contribution is -2.25. The molecule has 2 rings (SSSR count). The molecule has 1 aromatic carbocycles. The molecular weight excluding hydrogens is 304 g/mol. The number of nitrogens with one attached hydrogen (secondary N) is 1. The van der Waals surface area contributed by atoms with Crippen LogP contribution in [-0.4, -0.2) is 6.04 Å². The smallest absolute Gasteiger partial charge is 0.124 e. The highest BCUT2D eigenvalue weighted by Gasteiger charge is 2.14. The number of rotatable bonds is 3. The second-order valence-corrected chi connectivity index (χ2v) is 5.26. The molecule has 0 saturated heterocycles. The second kappa shape index (κ2) is 5.25. The van der Waals surface area contributed by atoms with Crippen LogP contribution in [0.2, 0.25) is 0 Å². The van der Waals surface area contributed by atoms with Crippen molar-refractivity contribution in [1.29, 1.82) is 0 Å². The van der Waals surface area contributed by atoms with Crippen molar-refractivity contribution >= 4 is 22.6 Å². The summed E-state index contributed by atoms with van der Waals surface area (Å²) in [6, 6.07) is 5.67. The fourth-order valence-corrected chi connectivity index (χ4v) is 2.72. The third-order valence-corrected chi connectivity index (χ3v) is 3.96. The molecule has 0 unspecified atom stereocenters. The average Bonchev–Trinajstić information content (AvgIpc) is 2.69. The first-order valence-electron chi connectivity index (χ1n) is 5.43. The Bertz CT molecular complexity index is 334. The van der Waals surface area contributed by atoms with E-state index in [9.17, 15) is 4.39 Å². The van der Waals surface area contributed by atoms with Crippen molar-refractivity contribution in [2.75, 3.05) is 0 Å². The van der Waals surface area contributed by atoms with E-state index < -0.39 is 0 Å². The van der Waals surface area contributed by atoms with Crippen LogP contribution in [0.3, 0.4) is 0 Å². The first-order chi connectivity index (χ1) is 7.25. The van der Waals surface area contributed by atoms with Crippen LogP contribution in [0.5, 0.6) is 0 Å². The molecule has 15 heavy (non-hydrogen) atoms. The Balaban J connectivity index is 1.92. The maximum Gasteiger partial charge on any atom is 0.124 e. The SMILES string of the molecule is Fc1ccc(CNC2CCCC2)c(I)c1. The van der Waals surface area contributed by atoms with E-state index in [1.165, 1.54) is 37.3 Å². The van der Waals surface area contributed by atoms with Gasteiger partial charge in [0.2, 0.25) is 0 Å². The molecule has 0 radical (unpaired) electrons. The highest BCUT2D eigenvalue weighted by Crippen LogP contribution is 2.19. The maximum absolute atomic E-state index is 12.9. The van der Waals surface area contributed by atoms with Gasteiger partial charge in [-0.2, -0.15) is 0 Å². The van der Waals surface area contributed by atoms with Gasteiger partial charge >= 0.3 is 0 Å². The highest BCUT2D eigenvalue weighted by atomic mass is 127. The molecule has 1 nitrogen and oxygen atoms in total. The molecule has 1 N–H and O–H groups in total. The monoisotopic (exact) mass is 319 g/mol. The van der Waals surface area contributed by atoms with Crippen molar-refractivity contribution in [3.63, 3.8) is 0 Å². The van der Waals surface area contributed by atoms with Crippen LogP contribution in [0.15, 0.2) is 18.2 Å². The van der Waals surface area contributed by atoms with Crippen LogP contribution in [0.25, 0.3) is 0 Å². The molecule has 1 aromatic rings. The molecule has 0 bridgehead atoms. The van der Waals surface area contributed by atoms with Crippen LogP contribution in [-0.2, 0) is 6.54 Å². The zero-order chi connectivity index (χ0) is 10.7. The molecular formula is C12H15FIN. The first kappa shape index (κ1) is 11.3. The maximum atomic E-state index is 12.9. The summed E-state index contributed by atoms with van der Waals surface area (Å²) >= 11 is 2.19. The summed E-state index contributed by atoms with van der Waals surface area (Å²) in [7, 11) is 0. The number of hydrogen-bond donors (Lipinski definition) is 1. The van der Waals surface area contributed by atoms with Crippen molar-refractivity contribution < 1.29 is 4.39 Å². The molecule has 0 aromatic heterocycles. The summed E-state index contributed by atoms with van der Waals surface area (Å²) in [5.41, 5.74) is 1.20. The molecule has 1 fully saturated rings. The van der Waals surface area contributed by atoms with Gasteiger partial charge in [0.15, 0.2) is 0 Å². The lowest BCUT2D eigenvalue weighted by atomic mass is 10.2. The second-order valence-electron chi connectivity index (χ2n) is 4.10. The summed E-state index contributed by atoms with van der Waals surface area (Å²) in [6.07, 6.45) is 5.27. The van der Waals surface area contributed by atoms with Crippen LogP contribution in [0, 0.1) is 9.39 Å². The van der Waals surface area contributed by atoms with Gasteiger partial charge in [0, 0.05) is 16.2 Å². The Hall–Kier alpha value is -0.160. The van der Waals surface area contributed by atoms with E-state index in [-0.39, 0.29) is 5.82 Å². The van der Waals surface area contributed by atoms with Gasteiger partial charge in [0.25, 0.3) is 0 Å². The zero-order valence-electron chi connectivity index (χ0n) is 8.60. The minimum absolute atomic E-state index is 0.149. The van der Waals surface area contributed by atoms with Gasteiger partial charge in [-0.15, -0.1) is 0 Å². The Morgan fingerprint density at radius 1 is 1.33 bits per heavy atom. The molecule has 1 aliphatic rings. The van der Waals surface area contributed by atoms with Gasteiger partial charge in [-0.25, -0.2) is 4.39 Å². The fraction of sp³-hybridized carbons (Fsp3) is 0.500. The molecule has 0 atom stereocenters. The van der Waals surface area contributed by atoms with Gasteiger partial charge in [-0.05, 0) is 53.1 Å². The van der Waals surface area contributed by atoms with Crippen molar-refractivity contribution in [1.82, 2.24) is 5.32 Å². The van der Waals surface area contributed by atoms with Crippen molar-refractivity contribution in [2.24, 2.45) is 0 Å². The van der Waals surface area contributed by atoms with Crippen molar-refractivity contribution in [2.45, 2.75) is 38.3 Å². The number of benzene rings is 1. The van der Waals surface area contributed by atoms with E-state index >= 15 is 0 Å². The van der Waals surface area contributed by atoms with Gasteiger partial charge in [-0.3, -0.25) is 0 Å². The molecule has 1 aliphatic carbocycles. The van der Waals surface area contributed by atoms with E-state index in [1.54, 1.807) is 6.07 Å². The summed E-state index contributed by atoms with van der Waals surface area (Å²) in [5, 5.41) is 3.53. The fourth-order valence-electron chi connectivity index (χ4n) is 2.05. The molecule has 0 spiro atoms. The lowest BCUT2D eigenvalue weighted by molar-refractivity contribution is 0.522. The first-order valence-corrected chi connectivity index (χ1v) is 6.51. The predicted octanol–water partition coefficient (Wildman–Crippen LogP) is 3.46. The minimum Gasteiger partial charge on any atom is -0.310 e. The number of halogens is 2. The largest absolute Gasteiger partial charge is 0.310 e. The van der Waals surface area contributed by atoms with E-state index in [1.807, 2.05) is 6.07 Å². The molecule has 0 aliphatic heterocycles. The normalized spacial score (nSPS) is 17.2. The molecule has 1 saturated carbocycles. The summed E-state index contributed by atoms with van der Waals surface area (Å²) in [4.78, 5) is 0. The van der Waals surface area contributed by atoms with E-state index in [4.69, 9.17) is 0 Å². The van der Waals surface area contributed by atoms with Crippen molar-refractivity contribution in [3.8, 4) is 0 Å². The van der Waals surface area contributed by atoms with Crippen LogP contribution in [0.1, 0.15) is 31.2 Å². The third-order valence-electron chi connectivity index (χ3n) is 2.95. The summed E-state index contributed by atoms with van der Waals surface area (Å²) in [6.45, 7) is 0.864. The lowest BCUT2D eigenvalue weighted by Gasteiger charge is -2.12. The quantitative estimate of drug-likeness (QED) is 0.842. The van der Waals surface area contributed by atoms with E-state index in [0.29, 0.717) is 6.04 Å². The van der Waals surface area contributed by atoms with Gasteiger partial charge in [0.1, 0.15) is 5.82 Å². The Labute approximate surface area is 104 Å². The van der Waals surface area contributed by atoms with Crippen LogP contribution >= 0.6 is 22.6 Å². The standard InChI is InChI=1S/C12H15FIN/c13-10-6-5-9(12(14)7-10)8-15-11-3-1-2-4-11/h5-7,11,15H,1-4,8H2. The van der Waals surface area contributed by atoms with Gasteiger partial charge in [-0.1, -0.05) is 18.9 Å². The Morgan fingerprint density at radius 3 is 2.73 bits per heavy atom. The summed E-state index contributed by atoms with van der Waals surface area (Å²) in [5.74, 6) is -0.149. The molecule has 0 heterocycles. The predicted molar refractivity (Wildman–Crippen MR) is 68.2 cm³/mol. The van der Waals surface area contributed by atoms with Gasteiger partial charge < -0.3 is 5.32 Å². The Kier molecular flexibility index (Phi) is 3.97. The minimum atomic E-state index is -0.149. The summed E-state index contributed by atoms with van der Waals surface area (Å²) < 4.78 is 13.9.